The summed E-state index contributed by atoms with van der Waals surface area (Å²) in [6.07, 6.45) is 0.679. The van der Waals surface area contributed by atoms with Crippen LogP contribution in [0.15, 0.2) is 29.1 Å². The van der Waals surface area contributed by atoms with Crippen LogP contribution in [0.2, 0.25) is 0 Å². The van der Waals surface area contributed by atoms with Gasteiger partial charge in [0, 0.05) is 12.6 Å². The molecule has 0 radical (unpaired) electrons. The molecule has 3 aromatic carbocycles. The second-order valence-electron chi connectivity index (χ2n) is 12.0. The number of aryl methyl sites for hydroxylation is 2. The maximum Gasteiger partial charge on any atom is 0.337 e. The van der Waals surface area contributed by atoms with Crippen molar-refractivity contribution < 1.29 is 45.8 Å². The Morgan fingerprint density at radius 2 is 1.61 bits per heavy atom. The quantitative estimate of drug-likeness (QED) is 0.109. The number of carbonyl (C=O) groups excluding carboxylic acids is 1. The number of esters is 1. The molecule has 242 valence electrons. The summed E-state index contributed by atoms with van der Waals surface area (Å²) in [5.41, 5.74) is -3.70. The molecular formula is C32H27F6N3O5. The van der Waals surface area contributed by atoms with Crippen LogP contribution in [-0.4, -0.2) is 33.6 Å². The predicted octanol–water partition coefficient (Wildman–Crippen LogP) is 6.58. The number of carboxylic acids is 1. The van der Waals surface area contributed by atoms with Gasteiger partial charge in [-0.15, -0.1) is 0 Å². The number of aromatic nitrogens is 2. The van der Waals surface area contributed by atoms with Crippen LogP contribution in [0.3, 0.4) is 0 Å². The Kier molecular flexibility index (Phi) is 8.12. The number of carboxylic acid groups (broad SMARTS) is 1. The number of rotatable bonds is 6. The Labute approximate surface area is 257 Å². The van der Waals surface area contributed by atoms with E-state index in [1.54, 1.807) is 33.8 Å². The number of ether oxygens (including phenoxy) is 1. The van der Waals surface area contributed by atoms with Crippen LogP contribution >= 0.6 is 0 Å². The van der Waals surface area contributed by atoms with E-state index >= 15 is 4.39 Å². The minimum Gasteiger partial charge on any atom is -0.478 e. The highest BCUT2D eigenvalue weighted by Crippen LogP contribution is 2.43. The first kappa shape index (κ1) is 32.5. The number of carbonyl (C=O) groups is 2. The van der Waals surface area contributed by atoms with Crippen molar-refractivity contribution in [1.29, 1.82) is 0 Å². The van der Waals surface area contributed by atoms with Gasteiger partial charge in [-0.1, -0.05) is 6.07 Å². The minimum absolute atomic E-state index is 0.130. The predicted molar refractivity (Wildman–Crippen MR) is 154 cm³/mol. The van der Waals surface area contributed by atoms with Gasteiger partial charge in [0.05, 0.1) is 39.2 Å². The van der Waals surface area contributed by atoms with E-state index in [0.29, 0.717) is 29.1 Å². The zero-order valence-electron chi connectivity index (χ0n) is 25.2. The van der Waals surface area contributed by atoms with Crippen molar-refractivity contribution in [2.75, 3.05) is 11.9 Å². The van der Waals surface area contributed by atoms with Crippen molar-refractivity contribution >= 4 is 28.5 Å². The fourth-order valence-corrected chi connectivity index (χ4v) is 5.58. The van der Waals surface area contributed by atoms with E-state index in [1.807, 2.05) is 0 Å². The number of halogens is 6. The molecule has 46 heavy (non-hydrogen) atoms. The first-order valence-corrected chi connectivity index (χ1v) is 14.0. The van der Waals surface area contributed by atoms with Crippen LogP contribution in [0, 0.1) is 47.2 Å². The van der Waals surface area contributed by atoms with Gasteiger partial charge in [-0.2, -0.15) is 0 Å². The Hall–Kier alpha value is -4.88. The lowest BCUT2D eigenvalue weighted by Gasteiger charge is -2.30. The number of nitrogens with zero attached hydrogens (tertiary/aromatic N) is 3. The molecule has 0 amide bonds. The lowest BCUT2D eigenvalue weighted by Crippen LogP contribution is -2.30. The molecular weight excluding hydrogens is 620 g/mol. The lowest BCUT2D eigenvalue weighted by molar-refractivity contribution is -0.157. The average Bonchev–Trinajstić information content (AvgIpc) is 3.40. The van der Waals surface area contributed by atoms with Crippen molar-refractivity contribution in [3.8, 4) is 11.1 Å². The third kappa shape index (κ3) is 5.24. The number of aromatic carboxylic acids is 1. The number of anilines is 1. The van der Waals surface area contributed by atoms with Gasteiger partial charge in [-0.25, -0.2) is 36.1 Å². The zero-order chi connectivity index (χ0) is 34.0. The number of fused-ring (bicyclic) bond motifs is 2. The van der Waals surface area contributed by atoms with Gasteiger partial charge in [0.25, 0.3) is 5.56 Å². The van der Waals surface area contributed by atoms with E-state index in [0.717, 1.165) is 6.07 Å². The maximum atomic E-state index is 16.1. The van der Waals surface area contributed by atoms with Crippen molar-refractivity contribution in [3.63, 3.8) is 0 Å². The number of hydrogen-bond donors (Lipinski definition) is 1. The molecule has 0 fully saturated rings. The third-order valence-corrected chi connectivity index (χ3v) is 8.04. The topological polar surface area (TPSA) is 102 Å². The monoisotopic (exact) mass is 647 g/mol. The van der Waals surface area contributed by atoms with E-state index in [9.17, 15) is 41.4 Å². The lowest BCUT2D eigenvalue weighted by atomic mass is 9.97. The average molecular weight is 648 g/mol. The smallest absolute Gasteiger partial charge is 0.337 e. The summed E-state index contributed by atoms with van der Waals surface area (Å²) in [6, 6.07) is 3.84. The van der Waals surface area contributed by atoms with Crippen LogP contribution in [0.4, 0.5) is 32.0 Å². The minimum atomic E-state index is -2.43. The summed E-state index contributed by atoms with van der Waals surface area (Å²) < 4.78 is 93.7. The molecule has 1 atom stereocenters. The normalized spacial score (nSPS) is 14.5. The molecule has 0 spiro atoms. The van der Waals surface area contributed by atoms with E-state index in [-0.39, 0.29) is 17.6 Å². The molecule has 1 aliphatic rings. The van der Waals surface area contributed by atoms with Gasteiger partial charge < -0.3 is 14.7 Å². The molecule has 8 nitrogen and oxygen atoms in total. The molecule has 0 aliphatic heterocycles. The molecule has 1 aromatic heterocycles. The van der Waals surface area contributed by atoms with E-state index in [1.165, 1.54) is 22.6 Å². The van der Waals surface area contributed by atoms with Gasteiger partial charge in [0.1, 0.15) is 5.82 Å². The molecule has 1 unspecified atom stereocenters. The molecule has 1 aliphatic carbocycles. The van der Waals surface area contributed by atoms with Gasteiger partial charge in [0.2, 0.25) is 5.82 Å². The van der Waals surface area contributed by atoms with Crippen molar-refractivity contribution in [3.05, 3.63) is 92.0 Å². The summed E-state index contributed by atoms with van der Waals surface area (Å²) in [7, 11) is 1.31. The maximum absolute atomic E-state index is 16.1. The number of hydrogen-bond acceptors (Lipinski definition) is 6. The van der Waals surface area contributed by atoms with Gasteiger partial charge in [-0.3, -0.25) is 14.2 Å². The summed E-state index contributed by atoms with van der Waals surface area (Å²) in [5.74, 6) is -15.0. The van der Waals surface area contributed by atoms with Gasteiger partial charge in [0.15, 0.2) is 35.8 Å². The van der Waals surface area contributed by atoms with Crippen LogP contribution in [0.5, 0.6) is 0 Å². The molecule has 1 N–H and O–H groups in total. The second kappa shape index (κ2) is 11.5. The molecule has 5 rings (SSSR count). The standard InChI is InChI=1S/C32H27F6N3O5/c1-13-39-19-10-14-6-9-20(17(14)11-18(19)29(42)41(13)12-46-31(45)32(2,3)4)40(5)28-16(30(43)44)8-7-15(22(28)33)21-23(34)25(36)27(38)26(37)24(21)35/h7-8,10-11,20H,6,9,12H2,1-5H3,(H,43,44). The summed E-state index contributed by atoms with van der Waals surface area (Å²) in [5, 5.41) is 9.98. The van der Waals surface area contributed by atoms with E-state index < -0.39 is 93.0 Å². The fourth-order valence-electron chi connectivity index (χ4n) is 5.58. The highest BCUT2D eigenvalue weighted by molar-refractivity contribution is 5.96. The Morgan fingerprint density at radius 3 is 2.20 bits per heavy atom. The summed E-state index contributed by atoms with van der Waals surface area (Å²) in [6.45, 7) is 6.13. The van der Waals surface area contributed by atoms with E-state index in [2.05, 4.69) is 4.98 Å². The molecule has 0 saturated carbocycles. The van der Waals surface area contributed by atoms with Crippen LogP contribution < -0.4 is 10.5 Å². The van der Waals surface area contributed by atoms with Gasteiger partial charge >= 0.3 is 11.9 Å². The zero-order valence-corrected chi connectivity index (χ0v) is 25.2. The second-order valence-corrected chi connectivity index (χ2v) is 12.0. The summed E-state index contributed by atoms with van der Waals surface area (Å²) >= 11 is 0. The van der Waals surface area contributed by atoms with Crippen molar-refractivity contribution in [1.82, 2.24) is 9.55 Å². The Balaban J connectivity index is 1.63. The first-order chi connectivity index (χ1) is 21.4. The number of benzene rings is 3. The van der Waals surface area contributed by atoms with E-state index in [4.69, 9.17) is 4.74 Å². The molecule has 0 bridgehead atoms. The van der Waals surface area contributed by atoms with Gasteiger partial charge in [-0.05, 0) is 69.9 Å². The van der Waals surface area contributed by atoms with Crippen molar-refractivity contribution in [2.45, 2.75) is 53.3 Å². The highest BCUT2D eigenvalue weighted by Gasteiger charge is 2.34. The third-order valence-electron chi connectivity index (χ3n) is 8.04. The van der Waals surface area contributed by atoms with Crippen LogP contribution in [-0.2, 0) is 22.7 Å². The summed E-state index contributed by atoms with van der Waals surface area (Å²) in [4.78, 5) is 43.6. The molecule has 1 heterocycles. The Bertz CT molecular complexity index is 1990. The molecule has 4 aromatic rings. The van der Waals surface area contributed by atoms with Crippen molar-refractivity contribution in [2.24, 2.45) is 5.41 Å². The highest BCUT2D eigenvalue weighted by atomic mass is 19.2. The van der Waals surface area contributed by atoms with Crippen LogP contribution in [0.25, 0.3) is 22.0 Å². The SMILES string of the molecule is Cc1nc2cc3c(cc2c(=O)n1COC(=O)C(C)(C)C)C(N(C)c1c(C(=O)O)ccc(-c2c(F)c(F)c(F)c(F)c2F)c1F)CC3. The molecule has 14 heteroatoms. The Morgan fingerprint density at radius 1 is 1.00 bits per heavy atom. The van der Waals surface area contributed by atoms with Crippen LogP contribution in [0.1, 0.15) is 60.5 Å². The largest absolute Gasteiger partial charge is 0.478 e. The molecule has 0 saturated heterocycles. The first-order valence-electron chi connectivity index (χ1n) is 14.0. The fraction of sp³-hybridized carbons (Fsp3) is 0.312.